The van der Waals surface area contributed by atoms with Crippen LogP contribution in [0, 0.1) is 0 Å². The van der Waals surface area contributed by atoms with E-state index in [-0.39, 0.29) is 0 Å². The van der Waals surface area contributed by atoms with Crippen LogP contribution in [-0.4, -0.2) is 30.3 Å². The second-order valence-electron chi connectivity index (χ2n) is 3.90. The minimum absolute atomic E-state index is 0.811. The van der Waals surface area contributed by atoms with E-state index in [4.69, 9.17) is 0 Å². The average molecular weight is 327 g/mol. The number of benzene rings is 1. The fourth-order valence-electron chi connectivity index (χ4n) is 1.60. The van der Waals surface area contributed by atoms with Crippen molar-refractivity contribution in [3.63, 3.8) is 0 Å². The third-order valence-corrected chi connectivity index (χ3v) is 3.86. The maximum Gasteiger partial charge on any atom is 0.206 e. The normalized spacial score (nSPS) is 10.3. The minimum atomic E-state index is 0.811. The number of para-hydroxylation sites is 1. The van der Waals surface area contributed by atoms with Gasteiger partial charge in [0.25, 0.3) is 0 Å². The van der Waals surface area contributed by atoms with Gasteiger partial charge in [-0.1, -0.05) is 29.5 Å². The molecule has 0 unspecified atom stereocenters. The molecule has 0 saturated heterocycles. The summed E-state index contributed by atoms with van der Waals surface area (Å²) in [5.41, 5.74) is 1.25. The highest BCUT2D eigenvalue weighted by atomic mass is 79.9. The zero-order valence-electron chi connectivity index (χ0n) is 10.1. The van der Waals surface area contributed by atoms with Gasteiger partial charge in [-0.15, -0.1) is 10.2 Å². The van der Waals surface area contributed by atoms with Gasteiger partial charge >= 0.3 is 0 Å². The van der Waals surface area contributed by atoms with E-state index in [0.717, 1.165) is 28.6 Å². The molecule has 0 aliphatic heterocycles. The third kappa shape index (κ3) is 3.96. The van der Waals surface area contributed by atoms with Crippen LogP contribution in [0.4, 0.5) is 10.8 Å². The molecule has 96 valence electrons. The zero-order valence-corrected chi connectivity index (χ0v) is 12.5. The molecule has 6 heteroatoms. The van der Waals surface area contributed by atoms with Crippen molar-refractivity contribution >= 4 is 38.1 Å². The number of halogens is 1. The van der Waals surface area contributed by atoms with E-state index in [2.05, 4.69) is 67.7 Å². The molecule has 2 aromatic rings. The maximum atomic E-state index is 3.99. The van der Waals surface area contributed by atoms with Crippen molar-refractivity contribution < 1.29 is 0 Å². The highest BCUT2D eigenvalue weighted by Crippen LogP contribution is 2.19. The summed E-state index contributed by atoms with van der Waals surface area (Å²) >= 11 is 4.80. The Morgan fingerprint density at radius 1 is 1.28 bits per heavy atom. The van der Waals surface area contributed by atoms with Crippen molar-refractivity contribution in [1.29, 1.82) is 0 Å². The van der Waals surface area contributed by atoms with Gasteiger partial charge in [0.15, 0.2) is 3.92 Å². The van der Waals surface area contributed by atoms with Gasteiger partial charge in [-0.3, -0.25) is 0 Å². The van der Waals surface area contributed by atoms with Gasteiger partial charge in [0.2, 0.25) is 5.13 Å². The summed E-state index contributed by atoms with van der Waals surface area (Å²) in [6.45, 7) is 1.91. The first-order chi connectivity index (χ1) is 8.75. The van der Waals surface area contributed by atoms with Crippen molar-refractivity contribution in [1.82, 2.24) is 10.2 Å². The van der Waals surface area contributed by atoms with E-state index in [0.29, 0.717) is 0 Å². The topological polar surface area (TPSA) is 41.0 Å². The molecular formula is C12H15BrN4S. The van der Waals surface area contributed by atoms with Crippen LogP contribution in [0.5, 0.6) is 0 Å². The van der Waals surface area contributed by atoms with E-state index in [1.54, 1.807) is 0 Å². The predicted octanol–water partition coefficient (Wildman–Crippen LogP) is 3.24. The smallest absolute Gasteiger partial charge is 0.206 e. The van der Waals surface area contributed by atoms with E-state index < -0.39 is 0 Å². The minimum Gasteiger partial charge on any atom is -0.375 e. The van der Waals surface area contributed by atoms with Gasteiger partial charge < -0.3 is 10.2 Å². The monoisotopic (exact) mass is 326 g/mol. The van der Waals surface area contributed by atoms with Crippen LogP contribution in [0.15, 0.2) is 34.2 Å². The van der Waals surface area contributed by atoms with E-state index in [1.807, 2.05) is 6.07 Å². The second kappa shape index (κ2) is 6.70. The molecule has 0 fully saturated rings. The molecule has 0 amide bonds. The van der Waals surface area contributed by atoms with Crippen molar-refractivity contribution in [2.75, 3.05) is 30.4 Å². The Morgan fingerprint density at radius 2 is 2.06 bits per heavy atom. The standard InChI is InChI=1S/C12H15BrN4S/c1-17(10-6-3-2-4-7-10)9-5-8-14-12-16-15-11(13)18-12/h2-4,6-7H,5,8-9H2,1H3,(H,14,16). The molecule has 1 aromatic heterocycles. The van der Waals surface area contributed by atoms with Crippen LogP contribution in [0.25, 0.3) is 0 Å². The SMILES string of the molecule is CN(CCCNc1nnc(Br)s1)c1ccccc1. The molecule has 0 spiro atoms. The van der Waals surface area contributed by atoms with Crippen LogP contribution in [0.1, 0.15) is 6.42 Å². The Bertz CT molecular complexity index is 474. The van der Waals surface area contributed by atoms with Crippen molar-refractivity contribution in [3.8, 4) is 0 Å². The van der Waals surface area contributed by atoms with Crippen LogP contribution in [0.2, 0.25) is 0 Å². The third-order valence-electron chi connectivity index (χ3n) is 2.54. The Morgan fingerprint density at radius 3 is 2.72 bits per heavy atom. The second-order valence-corrected chi connectivity index (χ2v) is 6.15. The van der Waals surface area contributed by atoms with Crippen molar-refractivity contribution in [2.24, 2.45) is 0 Å². The van der Waals surface area contributed by atoms with E-state index >= 15 is 0 Å². The summed E-state index contributed by atoms with van der Waals surface area (Å²) < 4.78 is 0.811. The highest BCUT2D eigenvalue weighted by molar-refractivity contribution is 9.11. The van der Waals surface area contributed by atoms with Gasteiger partial charge in [-0.2, -0.15) is 0 Å². The Labute approximate surface area is 119 Å². The number of hydrogen-bond acceptors (Lipinski definition) is 5. The highest BCUT2D eigenvalue weighted by Gasteiger charge is 2.01. The molecule has 4 nitrogen and oxygen atoms in total. The number of nitrogens with one attached hydrogen (secondary N) is 1. The molecule has 1 heterocycles. The van der Waals surface area contributed by atoms with Gasteiger partial charge in [-0.25, -0.2) is 0 Å². The molecule has 0 aliphatic carbocycles. The predicted molar refractivity (Wildman–Crippen MR) is 80.4 cm³/mol. The molecule has 0 radical (unpaired) electrons. The van der Waals surface area contributed by atoms with E-state index in [1.165, 1.54) is 17.0 Å². The molecule has 1 aromatic carbocycles. The summed E-state index contributed by atoms with van der Waals surface area (Å²) in [6.07, 6.45) is 1.06. The Hall–Kier alpha value is -1.14. The maximum absolute atomic E-state index is 3.99. The number of rotatable bonds is 6. The zero-order chi connectivity index (χ0) is 12.8. The molecule has 0 saturated carbocycles. The fourth-order valence-corrected chi connectivity index (χ4v) is 2.64. The lowest BCUT2D eigenvalue weighted by molar-refractivity contribution is 0.814. The lowest BCUT2D eigenvalue weighted by Crippen LogP contribution is -2.20. The Kier molecular flexibility index (Phi) is 4.95. The molecule has 0 bridgehead atoms. The number of hydrogen-bond donors (Lipinski definition) is 1. The van der Waals surface area contributed by atoms with Crippen molar-refractivity contribution in [2.45, 2.75) is 6.42 Å². The first-order valence-corrected chi connectivity index (χ1v) is 7.36. The molecule has 18 heavy (non-hydrogen) atoms. The summed E-state index contributed by atoms with van der Waals surface area (Å²) in [7, 11) is 2.11. The summed E-state index contributed by atoms with van der Waals surface area (Å²) in [5.74, 6) is 0. The van der Waals surface area contributed by atoms with Crippen molar-refractivity contribution in [3.05, 3.63) is 34.2 Å². The molecular weight excluding hydrogens is 312 g/mol. The lowest BCUT2D eigenvalue weighted by Gasteiger charge is -2.18. The van der Waals surface area contributed by atoms with Gasteiger partial charge in [0.1, 0.15) is 0 Å². The fraction of sp³-hybridized carbons (Fsp3) is 0.333. The summed E-state index contributed by atoms with van der Waals surface area (Å²) in [4.78, 5) is 2.25. The van der Waals surface area contributed by atoms with Crippen LogP contribution in [-0.2, 0) is 0 Å². The Balaban J connectivity index is 1.69. The quantitative estimate of drug-likeness (QED) is 0.827. The number of nitrogens with zero attached hydrogens (tertiary/aromatic N) is 3. The first-order valence-electron chi connectivity index (χ1n) is 5.75. The molecule has 0 aliphatic rings. The number of anilines is 2. The summed E-state index contributed by atoms with van der Waals surface area (Å²) in [5, 5.41) is 12.0. The van der Waals surface area contributed by atoms with Gasteiger partial charge in [0.05, 0.1) is 0 Å². The first kappa shape index (κ1) is 13.3. The molecule has 2 rings (SSSR count). The van der Waals surface area contributed by atoms with Gasteiger partial charge in [0, 0.05) is 25.8 Å². The average Bonchev–Trinajstić information content (AvgIpc) is 2.81. The van der Waals surface area contributed by atoms with Crippen LogP contribution < -0.4 is 10.2 Å². The number of aromatic nitrogens is 2. The molecule has 0 atom stereocenters. The lowest BCUT2D eigenvalue weighted by atomic mass is 10.3. The van der Waals surface area contributed by atoms with Crippen LogP contribution >= 0.6 is 27.3 Å². The molecule has 1 N–H and O–H groups in total. The largest absolute Gasteiger partial charge is 0.375 e. The summed E-state index contributed by atoms with van der Waals surface area (Å²) in [6, 6.07) is 10.4. The van der Waals surface area contributed by atoms with Gasteiger partial charge in [-0.05, 0) is 34.5 Å². The van der Waals surface area contributed by atoms with Crippen LogP contribution in [0.3, 0.4) is 0 Å². The van der Waals surface area contributed by atoms with E-state index in [9.17, 15) is 0 Å².